The van der Waals surface area contributed by atoms with Crippen LogP contribution in [0.4, 0.5) is 0 Å². The SMILES string of the molecule is CC(C)[C@H](C(=O)N1CCCCCC1)N1C(=O)[C@@H]2C3c4ccccc4C(c4ccccc43)[C@H]2C1=O. The van der Waals surface area contributed by atoms with E-state index in [1.165, 1.54) is 4.90 Å². The van der Waals surface area contributed by atoms with Crippen LogP contribution in [0, 0.1) is 17.8 Å². The molecule has 3 atom stereocenters. The number of carbonyl (C=O) groups excluding carboxylic acids is 3. The summed E-state index contributed by atoms with van der Waals surface area (Å²) in [5.74, 6) is -1.63. The molecular formula is C29H32N2O3. The summed E-state index contributed by atoms with van der Waals surface area (Å²) in [5, 5.41) is 0. The largest absolute Gasteiger partial charge is 0.341 e. The van der Waals surface area contributed by atoms with Crippen LogP contribution in [0.3, 0.4) is 0 Å². The topological polar surface area (TPSA) is 57.7 Å². The van der Waals surface area contributed by atoms with Crippen LogP contribution in [0.1, 0.15) is 73.6 Å². The second-order valence-corrected chi connectivity index (χ2v) is 10.7. The van der Waals surface area contributed by atoms with Gasteiger partial charge >= 0.3 is 0 Å². The maximum absolute atomic E-state index is 14.1. The quantitative estimate of drug-likeness (QED) is 0.647. The number of imide groups is 1. The van der Waals surface area contributed by atoms with E-state index in [-0.39, 0.29) is 35.5 Å². The highest BCUT2D eigenvalue weighted by Crippen LogP contribution is 2.61. The summed E-state index contributed by atoms with van der Waals surface area (Å²) in [6.45, 7) is 5.35. The van der Waals surface area contributed by atoms with Crippen molar-refractivity contribution in [3.63, 3.8) is 0 Å². The Hall–Kier alpha value is -2.95. The third-order valence-corrected chi connectivity index (χ3v) is 8.56. The Kier molecular flexibility index (Phi) is 5.12. The molecule has 34 heavy (non-hydrogen) atoms. The average Bonchev–Trinajstić information content (AvgIpc) is 3.03. The minimum Gasteiger partial charge on any atom is -0.341 e. The number of carbonyl (C=O) groups is 3. The molecule has 5 nitrogen and oxygen atoms in total. The summed E-state index contributed by atoms with van der Waals surface area (Å²) in [5.41, 5.74) is 4.65. The molecule has 0 N–H and O–H groups in total. The molecule has 0 aromatic heterocycles. The van der Waals surface area contributed by atoms with Crippen molar-refractivity contribution in [3.05, 3.63) is 70.8 Å². The predicted molar refractivity (Wildman–Crippen MR) is 129 cm³/mol. The van der Waals surface area contributed by atoms with Gasteiger partial charge in [0.15, 0.2) is 0 Å². The molecule has 3 aliphatic carbocycles. The molecule has 5 heteroatoms. The lowest BCUT2D eigenvalue weighted by molar-refractivity contribution is -0.153. The summed E-state index contributed by atoms with van der Waals surface area (Å²) < 4.78 is 0. The summed E-state index contributed by atoms with van der Waals surface area (Å²) in [7, 11) is 0. The van der Waals surface area contributed by atoms with Gasteiger partial charge in [-0.05, 0) is 41.0 Å². The van der Waals surface area contributed by atoms with E-state index in [4.69, 9.17) is 0 Å². The monoisotopic (exact) mass is 456 g/mol. The molecule has 7 rings (SSSR count). The predicted octanol–water partition coefficient (Wildman–Crippen LogP) is 4.31. The van der Waals surface area contributed by atoms with E-state index >= 15 is 0 Å². The van der Waals surface area contributed by atoms with Gasteiger partial charge in [-0.25, -0.2) is 0 Å². The zero-order chi connectivity index (χ0) is 23.6. The zero-order valence-electron chi connectivity index (χ0n) is 19.9. The molecule has 2 saturated heterocycles. The van der Waals surface area contributed by atoms with Crippen LogP contribution in [-0.4, -0.2) is 46.7 Å². The van der Waals surface area contributed by atoms with Crippen LogP contribution in [0.2, 0.25) is 0 Å². The number of hydrogen-bond donors (Lipinski definition) is 0. The van der Waals surface area contributed by atoms with Crippen molar-refractivity contribution in [1.82, 2.24) is 9.80 Å². The van der Waals surface area contributed by atoms with Gasteiger partial charge in [-0.1, -0.05) is 75.2 Å². The number of likely N-dealkylation sites (tertiary alicyclic amines) is 2. The Morgan fingerprint density at radius 2 is 1.15 bits per heavy atom. The summed E-state index contributed by atoms with van der Waals surface area (Å²) in [6, 6.07) is 15.8. The van der Waals surface area contributed by atoms with Crippen molar-refractivity contribution in [2.45, 2.75) is 57.4 Å². The van der Waals surface area contributed by atoms with Crippen molar-refractivity contribution < 1.29 is 14.4 Å². The second-order valence-electron chi connectivity index (χ2n) is 10.7. The van der Waals surface area contributed by atoms with Gasteiger partial charge in [0, 0.05) is 24.9 Å². The molecular weight excluding hydrogens is 424 g/mol. The van der Waals surface area contributed by atoms with Gasteiger partial charge in [-0.2, -0.15) is 0 Å². The van der Waals surface area contributed by atoms with Gasteiger partial charge in [-0.3, -0.25) is 19.3 Å². The molecule has 5 aliphatic rings. The highest BCUT2D eigenvalue weighted by molar-refractivity contribution is 6.10. The lowest BCUT2D eigenvalue weighted by atomic mass is 9.55. The fourth-order valence-electron chi connectivity index (χ4n) is 7.15. The van der Waals surface area contributed by atoms with Gasteiger partial charge in [-0.15, -0.1) is 0 Å². The normalized spacial score (nSPS) is 28.4. The lowest BCUT2D eigenvalue weighted by Crippen LogP contribution is -2.54. The standard InChI is InChI=1S/C29H32N2O3/c1-17(2)26(29(34)30-15-9-3-4-10-16-30)31-27(32)24-22-18-11-5-6-12-19(18)23(25(24)28(31)33)21-14-8-7-13-20(21)22/h5-8,11-14,17,22-26H,3-4,9-10,15-16H2,1-2H3/t22?,23?,24-,25-,26-/m1/s1. The van der Waals surface area contributed by atoms with E-state index in [0.717, 1.165) is 47.9 Å². The molecule has 2 aromatic rings. The number of hydrogen-bond acceptors (Lipinski definition) is 3. The third kappa shape index (κ3) is 2.95. The Balaban J connectivity index is 1.43. The van der Waals surface area contributed by atoms with Crippen LogP contribution >= 0.6 is 0 Å². The van der Waals surface area contributed by atoms with E-state index < -0.39 is 17.9 Å². The highest BCUT2D eigenvalue weighted by atomic mass is 16.2. The molecule has 2 heterocycles. The van der Waals surface area contributed by atoms with E-state index in [0.29, 0.717) is 13.1 Å². The van der Waals surface area contributed by atoms with Crippen molar-refractivity contribution in [2.75, 3.05) is 13.1 Å². The first-order chi connectivity index (χ1) is 16.5. The molecule has 0 spiro atoms. The Morgan fingerprint density at radius 1 is 0.735 bits per heavy atom. The summed E-state index contributed by atoms with van der Waals surface area (Å²) in [6.07, 6.45) is 4.22. The third-order valence-electron chi connectivity index (χ3n) is 8.56. The van der Waals surface area contributed by atoms with Crippen LogP contribution in [0.25, 0.3) is 0 Å². The maximum atomic E-state index is 14.1. The van der Waals surface area contributed by atoms with Gasteiger partial charge < -0.3 is 4.90 Å². The number of nitrogens with zero attached hydrogens (tertiary/aromatic N) is 2. The minimum atomic E-state index is -0.727. The number of amides is 3. The molecule has 2 fully saturated rings. The van der Waals surface area contributed by atoms with Crippen molar-refractivity contribution in [2.24, 2.45) is 17.8 Å². The molecule has 2 aromatic carbocycles. The number of benzene rings is 2. The van der Waals surface area contributed by atoms with Crippen LogP contribution in [0.5, 0.6) is 0 Å². The van der Waals surface area contributed by atoms with Crippen LogP contribution in [-0.2, 0) is 14.4 Å². The van der Waals surface area contributed by atoms with E-state index in [2.05, 4.69) is 24.3 Å². The van der Waals surface area contributed by atoms with Crippen molar-refractivity contribution in [3.8, 4) is 0 Å². The number of rotatable bonds is 3. The fourth-order valence-corrected chi connectivity index (χ4v) is 7.15. The second kappa shape index (κ2) is 8.07. The van der Waals surface area contributed by atoms with Crippen molar-refractivity contribution in [1.29, 1.82) is 0 Å². The average molecular weight is 457 g/mol. The Bertz CT molecular complexity index is 1050. The molecule has 0 saturated carbocycles. The Morgan fingerprint density at radius 3 is 1.53 bits per heavy atom. The minimum absolute atomic E-state index is 0.0559. The molecule has 2 bridgehead atoms. The lowest BCUT2D eigenvalue weighted by Gasteiger charge is -2.45. The van der Waals surface area contributed by atoms with Gasteiger partial charge in [0.2, 0.25) is 17.7 Å². The van der Waals surface area contributed by atoms with Gasteiger partial charge in [0.05, 0.1) is 11.8 Å². The van der Waals surface area contributed by atoms with E-state index in [1.54, 1.807) is 0 Å². The first kappa shape index (κ1) is 21.6. The molecule has 0 radical (unpaired) electrons. The summed E-state index contributed by atoms with van der Waals surface area (Å²) >= 11 is 0. The summed E-state index contributed by atoms with van der Waals surface area (Å²) in [4.78, 5) is 45.3. The maximum Gasteiger partial charge on any atom is 0.246 e. The van der Waals surface area contributed by atoms with Crippen LogP contribution < -0.4 is 0 Å². The van der Waals surface area contributed by atoms with Crippen molar-refractivity contribution >= 4 is 17.7 Å². The van der Waals surface area contributed by atoms with Crippen LogP contribution in [0.15, 0.2) is 48.5 Å². The van der Waals surface area contributed by atoms with E-state index in [1.807, 2.05) is 43.0 Å². The molecule has 0 unspecified atom stereocenters. The first-order valence-electron chi connectivity index (χ1n) is 12.8. The highest BCUT2D eigenvalue weighted by Gasteiger charge is 2.63. The fraction of sp³-hybridized carbons (Fsp3) is 0.483. The zero-order valence-corrected chi connectivity index (χ0v) is 19.9. The van der Waals surface area contributed by atoms with Gasteiger partial charge in [0.1, 0.15) is 6.04 Å². The molecule has 2 aliphatic heterocycles. The first-order valence-corrected chi connectivity index (χ1v) is 12.8. The van der Waals surface area contributed by atoms with E-state index in [9.17, 15) is 14.4 Å². The molecule has 3 amide bonds. The molecule has 176 valence electrons. The Labute approximate surface area is 201 Å². The van der Waals surface area contributed by atoms with Gasteiger partial charge in [0.25, 0.3) is 0 Å². The smallest absolute Gasteiger partial charge is 0.246 e.